The fourth-order valence-corrected chi connectivity index (χ4v) is 6.38. The minimum Gasteiger partial charge on any atom is -0.433 e. The van der Waals surface area contributed by atoms with Crippen LogP contribution in [0.4, 0.5) is 0 Å². The van der Waals surface area contributed by atoms with E-state index in [1.165, 1.54) is 6.92 Å². The summed E-state index contributed by atoms with van der Waals surface area (Å²) >= 11 is 0. The molecule has 1 unspecified atom stereocenters. The molecule has 0 N–H and O–H groups in total. The van der Waals surface area contributed by atoms with Crippen LogP contribution in [0.3, 0.4) is 0 Å². The van der Waals surface area contributed by atoms with Crippen molar-refractivity contribution < 1.29 is 27.5 Å². The Kier molecular flexibility index (Phi) is 9.19. The summed E-state index contributed by atoms with van der Waals surface area (Å²) in [5, 5.41) is -0.0313. The molecule has 0 radical (unpaired) electrons. The van der Waals surface area contributed by atoms with Gasteiger partial charge in [-0.15, -0.1) is 0 Å². The minimum atomic E-state index is -2.23. The van der Waals surface area contributed by atoms with Crippen molar-refractivity contribution in [1.29, 1.82) is 0 Å². The molecule has 1 aliphatic heterocycles. The van der Waals surface area contributed by atoms with Crippen LogP contribution < -0.4 is 0 Å². The summed E-state index contributed by atoms with van der Waals surface area (Å²) in [6.07, 6.45) is -2.53. The highest BCUT2D eigenvalue weighted by atomic mass is 28.4. The molecule has 0 bridgehead atoms. The highest BCUT2D eigenvalue weighted by molar-refractivity contribution is 6.75. The molecule has 0 spiro atoms. The van der Waals surface area contributed by atoms with Gasteiger partial charge in [0.2, 0.25) is 6.29 Å². The topological polar surface area (TPSA) is 63.2 Å². The first-order valence-corrected chi connectivity index (χ1v) is 20.9. The van der Waals surface area contributed by atoms with Crippen molar-refractivity contribution in [2.24, 2.45) is 0 Å². The van der Waals surface area contributed by atoms with Gasteiger partial charge in [0.15, 0.2) is 31.2 Å². The summed E-state index contributed by atoms with van der Waals surface area (Å²) in [5.41, 5.74) is 0. The zero-order valence-electron chi connectivity index (χ0n) is 24.3. The number of hydrogen-bond acceptors (Lipinski definition) is 6. The van der Waals surface area contributed by atoms with E-state index >= 15 is 0 Å². The maximum Gasteiger partial charge on any atom is 0.305 e. The van der Waals surface area contributed by atoms with Crippen molar-refractivity contribution in [2.45, 2.75) is 148 Å². The predicted octanol–water partition coefficient (Wildman–Crippen LogP) is 7.03. The average Bonchev–Trinajstić information content (AvgIpc) is 2.79. The summed E-state index contributed by atoms with van der Waals surface area (Å²) < 4.78 is 32.5. The standard InChI is InChI=1S/C24H52O6Si3/c1-17(25)26-20-18(28-31(11,12)22(2,3)4)19(29-32(13,14)23(5,6)7)21(27-20)30-33(15,16)24(8,9)10/h18-21H,1-16H3/t18-,19+,20?,21-/m0/s1. The quantitative estimate of drug-likeness (QED) is 0.265. The van der Waals surface area contributed by atoms with Crippen LogP contribution in [0.15, 0.2) is 0 Å². The molecule has 196 valence electrons. The van der Waals surface area contributed by atoms with Gasteiger partial charge in [0.1, 0.15) is 12.2 Å². The van der Waals surface area contributed by atoms with Crippen LogP contribution in [0, 0.1) is 0 Å². The Morgan fingerprint density at radius 2 is 0.909 bits per heavy atom. The molecule has 6 nitrogen and oxygen atoms in total. The van der Waals surface area contributed by atoms with E-state index < -0.39 is 55.7 Å². The smallest absolute Gasteiger partial charge is 0.305 e. The Hall–Kier alpha value is -0.0394. The number of rotatable bonds is 7. The maximum absolute atomic E-state index is 12.0. The number of carbonyl (C=O) groups is 1. The molecule has 1 fully saturated rings. The second-order valence-electron chi connectivity index (χ2n) is 14.0. The zero-order valence-corrected chi connectivity index (χ0v) is 27.3. The lowest BCUT2D eigenvalue weighted by Crippen LogP contribution is -2.56. The van der Waals surface area contributed by atoms with Crippen LogP contribution in [0.1, 0.15) is 69.2 Å². The lowest BCUT2D eigenvalue weighted by atomic mass is 10.2. The predicted molar refractivity (Wildman–Crippen MR) is 143 cm³/mol. The molecule has 4 atom stereocenters. The van der Waals surface area contributed by atoms with Crippen molar-refractivity contribution >= 4 is 30.9 Å². The van der Waals surface area contributed by atoms with Gasteiger partial charge in [0.05, 0.1) is 0 Å². The van der Waals surface area contributed by atoms with Gasteiger partial charge in [0.25, 0.3) is 0 Å². The number of carbonyl (C=O) groups excluding carboxylic acids is 1. The normalized spacial score (nSPS) is 25.9. The Balaban J connectivity index is 3.52. The first kappa shape index (κ1) is 31.0. The van der Waals surface area contributed by atoms with Gasteiger partial charge < -0.3 is 22.8 Å². The molecule has 0 amide bonds. The van der Waals surface area contributed by atoms with Gasteiger partial charge in [-0.3, -0.25) is 4.79 Å². The van der Waals surface area contributed by atoms with Crippen LogP contribution >= 0.6 is 0 Å². The van der Waals surface area contributed by atoms with Crippen molar-refractivity contribution in [3.8, 4) is 0 Å². The van der Waals surface area contributed by atoms with Gasteiger partial charge in [-0.05, 0) is 54.4 Å². The third kappa shape index (κ3) is 7.47. The SMILES string of the molecule is CC(=O)OC1O[C@@H](O[Si](C)(C)C(C)(C)C)[C@H](O[Si](C)(C)C(C)(C)C)[C@@H]1O[Si](C)(C)C(C)(C)C. The molecule has 9 heteroatoms. The lowest BCUT2D eigenvalue weighted by Gasteiger charge is -2.45. The Bertz CT molecular complexity index is 686. The maximum atomic E-state index is 12.0. The molecule has 0 aromatic heterocycles. The molecule has 1 heterocycles. The van der Waals surface area contributed by atoms with E-state index in [0.717, 1.165) is 0 Å². The second-order valence-corrected chi connectivity index (χ2v) is 28.3. The summed E-state index contributed by atoms with van der Waals surface area (Å²) in [5.74, 6) is -0.400. The molecule has 0 saturated carbocycles. The second kappa shape index (κ2) is 9.78. The van der Waals surface area contributed by atoms with E-state index in [4.69, 9.17) is 22.8 Å². The van der Waals surface area contributed by atoms with Crippen LogP contribution in [0.2, 0.25) is 54.4 Å². The summed E-state index contributed by atoms with van der Waals surface area (Å²) in [7, 11) is -6.65. The highest BCUT2D eigenvalue weighted by Crippen LogP contribution is 2.46. The van der Waals surface area contributed by atoms with Gasteiger partial charge >= 0.3 is 5.97 Å². The molecular formula is C24H52O6Si3. The summed E-state index contributed by atoms with van der Waals surface area (Å²) in [6, 6.07) is 0. The van der Waals surface area contributed by atoms with Crippen molar-refractivity contribution in [2.75, 3.05) is 0 Å². The molecule has 0 aromatic rings. The van der Waals surface area contributed by atoms with Crippen molar-refractivity contribution in [3.05, 3.63) is 0 Å². The Morgan fingerprint density at radius 3 is 1.21 bits per heavy atom. The Morgan fingerprint density at radius 1 is 0.606 bits per heavy atom. The number of esters is 1. The Labute approximate surface area is 206 Å². The molecule has 1 aliphatic rings. The van der Waals surface area contributed by atoms with E-state index in [1.54, 1.807) is 0 Å². The number of hydrogen-bond donors (Lipinski definition) is 0. The first-order chi connectivity index (χ1) is 14.3. The molecule has 33 heavy (non-hydrogen) atoms. The van der Waals surface area contributed by atoms with Gasteiger partial charge in [-0.2, -0.15) is 0 Å². The van der Waals surface area contributed by atoms with Crippen molar-refractivity contribution in [1.82, 2.24) is 0 Å². The van der Waals surface area contributed by atoms with Crippen LogP contribution in [-0.4, -0.2) is 55.7 Å². The molecular weight excluding hydrogens is 469 g/mol. The highest BCUT2D eigenvalue weighted by Gasteiger charge is 2.57. The van der Waals surface area contributed by atoms with E-state index in [0.29, 0.717) is 0 Å². The summed E-state index contributed by atoms with van der Waals surface area (Å²) in [6.45, 7) is 34.5. The molecule has 0 aromatic carbocycles. The summed E-state index contributed by atoms with van der Waals surface area (Å²) in [4.78, 5) is 12.0. The van der Waals surface area contributed by atoms with Crippen LogP contribution in [-0.2, 0) is 27.5 Å². The molecule has 1 saturated heterocycles. The van der Waals surface area contributed by atoms with Gasteiger partial charge in [-0.25, -0.2) is 0 Å². The molecule has 0 aliphatic carbocycles. The third-order valence-corrected chi connectivity index (χ3v) is 21.5. The largest absolute Gasteiger partial charge is 0.433 e. The fourth-order valence-electron chi connectivity index (χ4n) is 2.70. The third-order valence-electron chi connectivity index (χ3n) is 8.10. The van der Waals surface area contributed by atoms with E-state index in [1.807, 2.05) is 0 Å². The molecule has 1 rings (SSSR count). The van der Waals surface area contributed by atoms with Crippen molar-refractivity contribution in [3.63, 3.8) is 0 Å². The minimum absolute atomic E-state index is 0.00440. The van der Waals surface area contributed by atoms with Crippen LogP contribution in [0.25, 0.3) is 0 Å². The number of ether oxygens (including phenoxy) is 2. The van der Waals surface area contributed by atoms with Crippen LogP contribution in [0.5, 0.6) is 0 Å². The van der Waals surface area contributed by atoms with E-state index in [2.05, 4.69) is 102 Å². The monoisotopic (exact) mass is 520 g/mol. The fraction of sp³-hybridized carbons (Fsp3) is 0.958. The van der Waals surface area contributed by atoms with Gasteiger partial charge in [-0.1, -0.05) is 62.3 Å². The first-order valence-electron chi connectivity index (χ1n) is 12.2. The zero-order chi connectivity index (χ0) is 26.4. The van der Waals surface area contributed by atoms with E-state index in [9.17, 15) is 4.79 Å². The lowest BCUT2D eigenvalue weighted by molar-refractivity contribution is -0.203. The van der Waals surface area contributed by atoms with Gasteiger partial charge in [0, 0.05) is 6.92 Å². The average molecular weight is 521 g/mol. The van der Waals surface area contributed by atoms with E-state index in [-0.39, 0.29) is 15.1 Å².